The van der Waals surface area contributed by atoms with Crippen molar-refractivity contribution in [1.82, 2.24) is 13.9 Å². The Morgan fingerprint density at radius 1 is 1.09 bits per heavy atom. The second-order valence-corrected chi connectivity index (χ2v) is 11.3. The molecule has 1 aliphatic carbocycles. The molecule has 1 amide bonds. The highest BCUT2D eigenvalue weighted by Gasteiger charge is 2.41. The zero-order valence-corrected chi connectivity index (χ0v) is 21.3. The number of methoxy groups -OCH3 is 1. The second kappa shape index (κ2) is 11.1. The Morgan fingerprint density at radius 3 is 2.37 bits per heavy atom. The number of hydrogen-bond acceptors (Lipinski definition) is 5. The van der Waals surface area contributed by atoms with Crippen LogP contribution < -0.4 is 10.1 Å². The van der Waals surface area contributed by atoms with Crippen molar-refractivity contribution in [2.75, 3.05) is 47.0 Å². The van der Waals surface area contributed by atoms with Crippen molar-refractivity contribution in [3.8, 4) is 5.75 Å². The van der Waals surface area contributed by atoms with E-state index in [0.29, 0.717) is 44.2 Å². The molecule has 0 radical (unpaired) electrons. The molecule has 4 rings (SSSR count). The lowest BCUT2D eigenvalue weighted by molar-refractivity contribution is 0.0688. The number of hydrogen-bond donors (Lipinski definition) is 1. The molecule has 190 valence electrons. The van der Waals surface area contributed by atoms with Gasteiger partial charge in [0.05, 0.1) is 25.9 Å². The summed E-state index contributed by atoms with van der Waals surface area (Å²) in [5.41, 5.74) is 1.40. The highest BCUT2D eigenvalue weighted by molar-refractivity contribution is 7.86. The number of carbonyl (C=O) groups excluding carboxylic acids is 1. The third-order valence-corrected chi connectivity index (χ3v) is 9.46. The molecule has 0 unspecified atom stereocenters. The van der Waals surface area contributed by atoms with Crippen molar-refractivity contribution in [1.29, 1.82) is 0 Å². The fourth-order valence-electron chi connectivity index (χ4n) is 5.20. The van der Waals surface area contributed by atoms with Crippen molar-refractivity contribution >= 4 is 16.1 Å². The summed E-state index contributed by atoms with van der Waals surface area (Å²) in [4.78, 5) is 13.0. The summed E-state index contributed by atoms with van der Waals surface area (Å²) in [6.45, 7) is 2.12. The van der Waals surface area contributed by atoms with E-state index in [2.05, 4.69) is 17.4 Å². The summed E-state index contributed by atoms with van der Waals surface area (Å²) in [5, 5.41) is 3.14. The summed E-state index contributed by atoms with van der Waals surface area (Å²) >= 11 is 0. The molecule has 35 heavy (non-hydrogen) atoms. The number of nitrogens with one attached hydrogen (secondary N) is 1. The van der Waals surface area contributed by atoms with Crippen LogP contribution in [-0.2, 0) is 20.4 Å². The van der Waals surface area contributed by atoms with Crippen LogP contribution >= 0.6 is 0 Å². The molecule has 0 aromatic heterocycles. The van der Waals surface area contributed by atoms with Crippen LogP contribution in [0.25, 0.3) is 0 Å². The van der Waals surface area contributed by atoms with Gasteiger partial charge in [0.15, 0.2) is 0 Å². The van der Waals surface area contributed by atoms with Crippen LogP contribution in [0.15, 0.2) is 54.6 Å². The molecule has 2 fully saturated rings. The van der Waals surface area contributed by atoms with Gasteiger partial charge in [-0.25, -0.2) is 0 Å². The summed E-state index contributed by atoms with van der Waals surface area (Å²) in [5.74, 6) is 0.365. The lowest BCUT2D eigenvalue weighted by atomic mass is 9.68. The van der Waals surface area contributed by atoms with E-state index in [0.717, 1.165) is 31.2 Å². The topological polar surface area (TPSA) is 88.2 Å². The average molecular weight is 502 g/mol. The first-order valence-electron chi connectivity index (χ1n) is 12.1. The summed E-state index contributed by atoms with van der Waals surface area (Å²) < 4.78 is 40.1. The van der Waals surface area contributed by atoms with Crippen molar-refractivity contribution in [2.45, 2.75) is 37.1 Å². The molecule has 1 saturated carbocycles. The van der Waals surface area contributed by atoms with Crippen LogP contribution in [0.1, 0.15) is 41.6 Å². The number of para-hydroxylation sites is 1. The molecule has 9 heteroatoms. The van der Waals surface area contributed by atoms with E-state index in [4.69, 9.17) is 9.47 Å². The number of amides is 1. The number of benzene rings is 2. The van der Waals surface area contributed by atoms with E-state index in [9.17, 15) is 13.2 Å². The van der Waals surface area contributed by atoms with Crippen LogP contribution in [0.2, 0.25) is 0 Å². The van der Waals surface area contributed by atoms with E-state index in [1.165, 1.54) is 4.31 Å². The maximum Gasteiger partial charge on any atom is 0.282 e. The smallest absolute Gasteiger partial charge is 0.282 e. The molecule has 0 spiro atoms. The Bertz CT molecular complexity index is 1090. The van der Waals surface area contributed by atoms with Gasteiger partial charge in [0.25, 0.3) is 16.1 Å². The molecule has 2 aromatic rings. The van der Waals surface area contributed by atoms with Gasteiger partial charge in [0.2, 0.25) is 0 Å². The maximum atomic E-state index is 13.2. The molecule has 8 nitrogen and oxygen atoms in total. The molecular formula is C26H35N3O5S. The predicted molar refractivity (Wildman–Crippen MR) is 135 cm³/mol. The Labute approximate surface area is 208 Å². The zero-order chi connectivity index (χ0) is 24.9. The Balaban J connectivity index is 1.48. The monoisotopic (exact) mass is 501 g/mol. The van der Waals surface area contributed by atoms with Gasteiger partial charge in [0, 0.05) is 38.1 Å². The predicted octanol–water partition coefficient (Wildman–Crippen LogP) is 2.81. The minimum atomic E-state index is -3.53. The van der Waals surface area contributed by atoms with Crippen LogP contribution in [0, 0.1) is 0 Å². The quantitative estimate of drug-likeness (QED) is 0.601. The molecule has 2 aromatic carbocycles. The normalized spacial score (nSPS) is 23.7. The third kappa shape index (κ3) is 5.53. The Hall–Kier alpha value is -2.46. The SMILES string of the molecule is COc1ccccc1C(=O)NC[C@]1(c2ccccc2)CC[C@@H](N(C)S(=O)(=O)N2CCOCC2)CC1. The van der Waals surface area contributed by atoms with Gasteiger partial charge in [-0.2, -0.15) is 17.0 Å². The van der Waals surface area contributed by atoms with Gasteiger partial charge in [-0.3, -0.25) is 4.79 Å². The van der Waals surface area contributed by atoms with Crippen molar-refractivity contribution in [2.24, 2.45) is 0 Å². The first-order valence-corrected chi connectivity index (χ1v) is 13.5. The standard InChI is InChI=1S/C26H35N3O5S/c1-28(35(31,32)29-16-18-34-19-17-29)22-12-14-26(15-13-22,21-8-4-3-5-9-21)20-27-25(30)23-10-6-7-11-24(23)33-2/h3-11,22H,12-20H2,1-2H3,(H,27,30)/t22-,26+. The van der Waals surface area contributed by atoms with Gasteiger partial charge >= 0.3 is 0 Å². The zero-order valence-electron chi connectivity index (χ0n) is 20.5. The number of rotatable bonds is 8. The van der Waals surface area contributed by atoms with Gasteiger partial charge < -0.3 is 14.8 Å². The largest absolute Gasteiger partial charge is 0.496 e. The van der Waals surface area contributed by atoms with E-state index >= 15 is 0 Å². The molecular weight excluding hydrogens is 466 g/mol. The Morgan fingerprint density at radius 2 is 1.71 bits per heavy atom. The molecule has 0 atom stereocenters. The van der Waals surface area contributed by atoms with Crippen LogP contribution in [0.5, 0.6) is 5.75 Å². The first kappa shape index (κ1) is 25.6. The van der Waals surface area contributed by atoms with Crippen molar-refractivity contribution in [3.05, 3.63) is 65.7 Å². The van der Waals surface area contributed by atoms with Crippen LogP contribution in [-0.4, -0.2) is 76.0 Å². The summed E-state index contributed by atoms with van der Waals surface area (Å²) in [6, 6.07) is 17.3. The third-order valence-electron chi connectivity index (χ3n) is 7.41. The van der Waals surface area contributed by atoms with Crippen LogP contribution in [0.3, 0.4) is 0 Å². The van der Waals surface area contributed by atoms with Gasteiger partial charge in [0.1, 0.15) is 5.75 Å². The van der Waals surface area contributed by atoms with Crippen LogP contribution in [0.4, 0.5) is 0 Å². The minimum absolute atomic E-state index is 0.0791. The maximum absolute atomic E-state index is 13.2. The average Bonchev–Trinajstić information content (AvgIpc) is 2.92. The highest BCUT2D eigenvalue weighted by Crippen LogP contribution is 2.41. The molecule has 1 aliphatic heterocycles. The summed E-state index contributed by atoms with van der Waals surface area (Å²) in [7, 11) is -0.285. The molecule has 1 N–H and O–H groups in total. The minimum Gasteiger partial charge on any atom is -0.496 e. The number of ether oxygens (including phenoxy) is 2. The van der Waals surface area contributed by atoms with E-state index < -0.39 is 10.2 Å². The highest BCUT2D eigenvalue weighted by atomic mass is 32.2. The van der Waals surface area contributed by atoms with E-state index in [1.54, 1.807) is 30.6 Å². The fourth-order valence-corrected chi connectivity index (χ4v) is 6.77. The molecule has 0 bridgehead atoms. The lowest BCUT2D eigenvalue weighted by Crippen LogP contribution is -2.52. The van der Waals surface area contributed by atoms with Gasteiger partial charge in [-0.15, -0.1) is 0 Å². The van der Waals surface area contributed by atoms with Gasteiger partial charge in [-0.1, -0.05) is 42.5 Å². The molecule has 1 heterocycles. The van der Waals surface area contributed by atoms with E-state index in [1.807, 2.05) is 30.3 Å². The fraction of sp³-hybridized carbons (Fsp3) is 0.500. The number of carbonyl (C=O) groups is 1. The molecule has 2 aliphatic rings. The van der Waals surface area contributed by atoms with E-state index in [-0.39, 0.29) is 17.4 Å². The summed E-state index contributed by atoms with van der Waals surface area (Å²) in [6.07, 6.45) is 2.99. The van der Waals surface area contributed by atoms with Gasteiger partial charge in [-0.05, 0) is 43.4 Å². The number of nitrogens with zero attached hydrogens (tertiary/aromatic N) is 2. The number of morpholine rings is 1. The van der Waals surface area contributed by atoms with Crippen molar-refractivity contribution < 1.29 is 22.7 Å². The molecule has 1 saturated heterocycles. The first-order chi connectivity index (χ1) is 16.9. The Kier molecular flexibility index (Phi) is 8.11. The second-order valence-electron chi connectivity index (χ2n) is 9.30. The lowest BCUT2D eigenvalue weighted by Gasteiger charge is -2.43. The van der Waals surface area contributed by atoms with Crippen molar-refractivity contribution in [3.63, 3.8) is 0 Å².